The first-order chi connectivity index (χ1) is 21.5. The van der Waals surface area contributed by atoms with E-state index in [9.17, 15) is 19.2 Å². The Balaban J connectivity index is 1.42. The van der Waals surface area contributed by atoms with Crippen LogP contribution in [0.25, 0.3) is 11.1 Å². The maximum absolute atomic E-state index is 14.2. The zero-order valence-corrected chi connectivity index (χ0v) is 26.3. The number of likely N-dealkylation sites (tertiary alicyclic amines) is 1. The van der Waals surface area contributed by atoms with Crippen LogP contribution < -0.4 is 9.64 Å². The number of carbonyl (C=O) groups is 4. The zero-order chi connectivity index (χ0) is 32.1. The summed E-state index contributed by atoms with van der Waals surface area (Å²) >= 11 is 0. The molecule has 5 rings (SSSR count). The van der Waals surface area contributed by atoms with Crippen LogP contribution in [0.1, 0.15) is 51.2 Å². The van der Waals surface area contributed by atoms with Gasteiger partial charge in [0.1, 0.15) is 23.7 Å². The van der Waals surface area contributed by atoms with E-state index in [0.29, 0.717) is 30.0 Å². The molecule has 3 aromatic carbocycles. The number of carbonyl (C=O) groups excluding carboxylic acids is 4. The molecule has 2 amide bonds. The maximum Gasteiger partial charge on any atom is 0.410 e. The Labute approximate surface area is 264 Å². The van der Waals surface area contributed by atoms with Crippen molar-refractivity contribution in [2.45, 2.75) is 52.1 Å². The highest BCUT2D eigenvalue weighted by Gasteiger charge is 2.38. The van der Waals surface area contributed by atoms with Gasteiger partial charge in [0, 0.05) is 25.4 Å². The number of rotatable bonds is 8. The molecule has 45 heavy (non-hydrogen) atoms. The highest BCUT2D eigenvalue weighted by molar-refractivity contribution is 6.01. The van der Waals surface area contributed by atoms with Gasteiger partial charge < -0.3 is 19.1 Å². The van der Waals surface area contributed by atoms with Crippen LogP contribution in [0, 0.1) is 5.92 Å². The van der Waals surface area contributed by atoms with Gasteiger partial charge in [0.25, 0.3) is 5.91 Å². The average molecular weight is 613 g/mol. The molecule has 1 fully saturated rings. The Hall–Kier alpha value is -4.66. The minimum Gasteiger partial charge on any atom is -0.482 e. The molecule has 1 saturated heterocycles. The topological polar surface area (TPSA) is 102 Å². The minimum atomic E-state index is -0.657. The predicted octanol–water partition coefficient (Wildman–Crippen LogP) is 5.79. The van der Waals surface area contributed by atoms with E-state index in [4.69, 9.17) is 14.2 Å². The first kappa shape index (κ1) is 31.8. The van der Waals surface area contributed by atoms with Crippen molar-refractivity contribution in [2.24, 2.45) is 5.92 Å². The number of nitrogens with zero attached hydrogens (tertiary/aromatic N) is 2. The molecule has 0 spiro atoms. The number of benzene rings is 3. The van der Waals surface area contributed by atoms with Crippen molar-refractivity contribution in [3.05, 3.63) is 83.9 Å². The van der Waals surface area contributed by atoms with E-state index in [0.717, 1.165) is 16.7 Å². The lowest BCUT2D eigenvalue weighted by Crippen LogP contribution is -2.47. The fraction of sp³-hybridized carbons (Fsp3) is 0.389. The Kier molecular flexibility index (Phi) is 9.56. The molecular formula is C36H40N2O7. The van der Waals surface area contributed by atoms with E-state index >= 15 is 0 Å². The quantitative estimate of drug-likeness (QED) is 0.297. The molecule has 0 bridgehead atoms. The van der Waals surface area contributed by atoms with Crippen LogP contribution in [0.4, 0.5) is 10.5 Å². The van der Waals surface area contributed by atoms with Crippen molar-refractivity contribution in [3.63, 3.8) is 0 Å². The molecule has 9 nitrogen and oxygen atoms in total. The largest absolute Gasteiger partial charge is 0.482 e. The van der Waals surface area contributed by atoms with Crippen LogP contribution in [0.5, 0.6) is 5.75 Å². The summed E-state index contributed by atoms with van der Waals surface area (Å²) in [7, 11) is 0. The van der Waals surface area contributed by atoms with Crippen LogP contribution in [-0.2, 0) is 30.3 Å². The average Bonchev–Trinajstić information content (AvgIpc) is 3.02. The van der Waals surface area contributed by atoms with Gasteiger partial charge in [-0.2, -0.15) is 0 Å². The summed E-state index contributed by atoms with van der Waals surface area (Å²) in [5.74, 6) is -1.05. The second-order valence-electron chi connectivity index (χ2n) is 12.4. The lowest BCUT2D eigenvalue weighted by molar-refractivity contribution is -0.142. The molecule has 2 aliphatic rings. The molecule has 2 aliphatic heterocycles. The van der Waals surface area contributed by atoms with Crippen molar-refractivity contribution in [1.29, 1.82) is 0 Å². The molecule has 0 aromatic heterocycles. The van der Waals surface area contributed by atoms with Crippen LogP contribution >= 0.6 is 0 Å². The Morgan fingerprint density at radius 1 is 0.956 bits per heavy atom. The minimum absolute atomic E-state index is 0.0293. The van der Waals surface area contributed by atoms with Crippen LogP contribution in [-0.4, -0.2) is 67.1 Å². The van der Waals surface area contributed by atoms with Crippen LogP contribution in [0.2, 0.25) is 0 Å². The standard InChI is InChI=1S/C36H40N2O7/c1-5-43-34(41)22-38-30-18-24(14-15-32(30)44-23-33(38)40)19-31(39)29-21-37(35(42)45-36(2,3)4)17-16-28(29)27-13-9-12-26(20-27)25-10-7-6-8-11-25/h6-15,18,20,28-29H,5,16-17,19,21-23H2,1-4H3/t28-,29+/m1/s1. The number of hydrogen-bond donors (Lipinski definition) is 0. The number of anilines is 1. The number of fused-ring (bicyclic) bond motifs is 1. The summed E-state index contributed by atoms with van der Waals surface area (Å²) in [5, 5.41) is 0. The molecule has 236 valence electrons. The van der Waals surface area contributed by atoms with Gasteiger partial charge in [0.2, 0.25) is 0 Å². The van der Waals surface area contributed by atoms with Crippen LogP contribution in [0.15, 0.2) is 72.8 Å². The van der Waals surface area contributed by atoms with E-state index in [-0.39, 0.29) is 50.3 Å². The Morgan fingerprint density at radius 2 is 1.71 bits per heavy atom. The first-order valence-electron chi connectivity index (χ1n) is 15.4. The van der Waals surface area contributed by atoms with Gasteiger partial charge in [-0.05, 0) is 74.4 Å². The Bertz CT molecular complexity index is 1560. The summed E-state index contributed by atoms with van der Waals surface area (Å²) in [6.07, 6.45) is 0.250. The first-order valence-corrected chi connectivity index (χ1v) is 15.4. The number of amides is 2. The van der Waals surface area contributed by atoms with Gasteiger partial charge in [-0.25, -0.2) is 4.79 Å². The second-order valence-corrected chi connectivity index (χ2v) is 12.4. The second kappa shape index (κ2) is 13.5. The van der Waals surface area contributed by atoms with E-state index in [1.165, 1.54) is 4.90 Å². The van der Waals surface area contributed by atoms with Gasteiger partial charge >= 0.3 is 12.1 Å². The van der Waals surface area contributed by atoms with E-state index in [2.05, 4.69) is 30.3 Å². The summed E-state index contributed by atoms with van der Waals surface area (Å²) in [4.78, 5) is 55.2. The number of esters is 1. The molecular weight excluding hydrogens is 572 g/mol. The van der Waals surface area contributed by atoms with E-state index < -0.39 is 23.6 Å². The normalized spacial score (nSPS) is 18.1. The lowest BCUT2D eigenvalue weighted by Gasteiger charge is -2.39. The number of ketones is 1. The van der Waals surface area contributed by atoms with Gasteiger partial charge in [-0.15, -0.1) is 0 Å². The van der Waals surface area contributed by atoms with Gasteiger partial charge in [0.05, 0.1) is 12.3 Å². The SMILES string of the molecule is CCOC(=O)CN1C(=O)COc2ccc(CC(=O)[C@H]3CN(C(=O)OC(C)(C)C)CC[C@@H]3c3cccc(-c4ccccc4)c3)cc21. The van der Waals surface area contributed by atoms with Gasteiger partial charge in [-0.1, -0.05) is 60.7 Å². The third-order valence-electron chi connectivity index (χ3n) is 8.04. The fourth-order valence-corrected chi connectivity index (χ4v) is 5.95. The smallest absolute Gasteiger partial charge is 0.410 e. The highest BCUT2D eigenvalue weighted by Crippen LogP contribution is 2.38. The monoisotopic (exact) mass is 612 g/mol. The molecule has 2 atom stereocenters. The van der Waals surface area contributed by atoms with Crippen molar-refractivity contribution < 1.29 is 33.4 Å². The number of Topliss-reactive ketones (excluding diaryl/α,β-unsaturated/α-hetero) is 1. The zero-order valence-electron chi connectivity index (χ0n) is 26.3. The predicted molar refractivity (Wildman–Crippen MR) is 170 cm³/mol. The number of piperidine rings is 1. The lowest BCUT2D eigenvalue weighted by atomic mass is 9.76. The number of ether oxygens (including phenoxy) is 3. The number of hydrogen-bond acceptors (Lipinski definition) is 7. The molecule has 9 heteroatoms. The van der Waals surface area contributed by atoms with Gasteiger partial charge in [-0.3, -0.25) is 19.3 Å². The molecule has 0 radical (unpaired) electrons. The molecule has 0 aliphatic carbocycles. The summed E-state index contributed by atoms with van der Waals surface area (Å²) in [6.45, 7) is 7.66. The van der Waals surface area contributed by atoms with Crippen molar-refractivity contribution in [1.82, 2.24) is 4.90 Å². The molecule has 0 saturated carbocycles. The van der Waals surface area contributed by atoms with Gasteiger partial charge in [0.15, 0.2) is 6.61 Å². The maximum atomic E-state index is 14.2. The molecule has 0 N–H and O–H groups in total. The van der Waals surface area contributed by atoms with Crippen LogP contribution in [0.3, 0.4) is 0 Å². The summed E-state index contributed by atoms with van der Waals surface area (Å²) in [5.41, 5.74) is 3.65. The molecule has 3 aromatic rings. The Morgan fingerprint density at radius 3 is 2.44 bits per heavy atom. The molecule has 2 heterocycles. The molecule has 0 unspecified atom stereocenters. The third-order valence-corrected chi connectivity index (χ3v) is 8.04. The summed E-state index contributed by atoms with van der Waals surface area (Å²) in [6, 6.07) is 23.6. The van der Waals surface area contributed by atoms with Crippen molar-refractivity contribution in [2.75, 3.05) is 37.7 Å². The van der Waals surface area contributed by atoms with Crippen molar-refractivity contribution in [3.8, 4) is 16.9 Å². The van der Waals surface area contributed by atoms with Crippen molar-refractivity contribution >= 4 is 29.4 Å². The summed E-state index contributed by atoms with van der Waals surface area (Å²) < 4.78 is 16.3. The van der Waals surface area contributed by atoms with E-state index in [1.807, 2.05) is 45.0 Å². The third kappa shape index (κ3) is 7.71. The highest BCUT2D eigenvalue weighted by atomic mass is 16.6. The fourth-order valence-electron chi connectivity index (χ4n) is 5.95. The van der Waals surface area contributed by atoms with E-state index in [1.54, 1.807) is 30.0 Å².